The first kappa shape index (κ1) is 20.0. The molecule has 0 amide bonds. The Morgan fingerprint density at radius 3 is 2.46 bits per heavy atom. The maximum atomic E-state index is 9.81. The molecule has 5 heteroatoms. The largest absolute Gasteiger partial charge is 0.493 e. The highest BCUT2D eigenvalue weighted by Gasteiger charge is 2.26. The lowest BCUT2D eigenvalue weighted by Gasteiger charge is -2.21. The number of H-pyrrole nitrogens is 1. The highest BCUT2D eigenvalue weighted by Crippen LogP contribution is 2.31. The fourth-order valence-electron chi connectivity index (χ4n) is 4.02. The van der Waals surface area contributed by atoms with Crippen LogP contribution in [-0.4, -0.2) is 20.8 Å². The average molecular weight is 381 g/mol. The van der Waals surface area contributed by atoms with Gasteiger partial charge in [-0.25, -0.2) is 4.98 Å². The van der Waals surface area contributed by atoms with Crippen LogP contribution in [0.4, 0.5) is 5.82 Å². The van der Waals surface area contributed by atoms with Gasteiger partial charge in [-0.2, -0.15) is 5.26 Å². The molecule has 0 saturated carbocycles. The van der Waals surface area contributed by atoms with Gasteiger partial charge in [-0.05, 0) is 54.5 Å². The maximum absolute atomic E-state index is 9.81. The molecule has 0 radical (unpaired) electrons. The van der Waals surface area contributed by atoms with E-state index in [0.717, 1.165) is 60.7 Å². The third-order valence-electron chi connectivity index (χ3n) is 5.46. The monoisotopic (exact) mass is 380 g/mol. The molecule has 1 aromatic carbocycles. The van der Waals surface area contributed by atoms with Gasteiger partial charge >= 0.3 is 0 Å². The van der Waals surface area contributed by atoms with E-state index in [-0.39, 0.29) is 0 Å². The molecule has 0 fully saturated rings. The number of benzene rings is 1. The van der Waals surface area contributed by atoms with Crippen molar-refractivity contribution in [3.05, 3.63) is 46.1 Å². The van der Waals surface area contributed by atoms with Crippen LogP contribution in [-0.2, 0) is 19.3 Å². The summed E-state index contributed by atoms with van der Waals surface area (Å²) in [4.78, 5) is 3.54. The van der Waals surface area contributed by atoms with Crippen molar-refractivity contribution in [1.29, 1.82) is 5.26 Å². The van der Waals surface area contributed by atoms with Crippen LogP contribution < -0.4 is 19.8 Å². The molecule has 0 aliphatic heterocycles. The minimum atomic E-state index is 0.408. The summed E-state index contributed by atoms with van der Waals surface area (Å²) in [6, 6.07) is 8.42. The third-order valence-corrected chi connectivity index (χ3v) is 5.46. The molecule has 2 aromatic rings. The fraction of sp³-hybridized carbons (Fsp3) is 0.478. The summed E-state index contributed by atoms with van der Waals surface area (Å²) < 4.78 is 10.7. The van der Waals surface area contributed by atoms with Crippen molar-refractivity contribution in [3.63, 3.8) is 0 Å². The first-order valence-electron chi connectivity index (χ1n) is 10.0. The highest BCUT2D eigenvalue weighted by molar-refractivity contribution is 5.57. The van der Waals surface area contributed by atoms with Crippen LogP contribution in [0, 0.1) is 11.3 Å². The van der Waals surface area contributed by atoms with E-state index < -0.39 is 0 Å². The summed E-state index contributed by atoms with van der Waals surface area (Å²) >= 11 is 0. The van der Waals surface area contributed by atoms with Gasteiger partial charge in [-0.1, -0.05) is 19.9 Å². The van der Waals surface area contributed by atoms with E-state index in [2.05, 4.69) is 30.2 Å². The zero-order valence-electron chi connectivity index (χ0n) is 17.3. The lowest BCUT2D eigenvalue weighted by Crippen LogP contribution is -2.27. The number of nitrogens with zero attached hydrogens (tertiary/aromatic N) is 1. The van der Waals surface area contributed by atoms with Gasteiger partial charge in [-0.15, -0.1) is 0 Å². The van der Waals surface area contributed by atoms with Gasteiger partial charge in [0.15, 0.2) is 11.5 Å². The zero-order chi connectivity index (χ0) is 20.1. The van der Waals surface area contributed by atoms with Crippen LogP contribution in [0.1, 0.15) is 60.6 Å². The van der Waals surface area contributed by atoms with E-state index in [1.807, 2.05) is 18.2 Å². The van der Waals surface area contributed by atoms with E-state index in [1.165, 1.54) is 23.2 Å². The number of nitrogens with one attached hydrogen (secondary N) is 2. The molecule has 0 atom stereocenters. The Morgan fingerprint density at radius 2 is 1.82 bits per heavy atom. The van der Waals surface area contributed by atoms with E-state index in [1.54, 1.807) is 14.2 Å². The Morgan fingerprint density at radius 1 is 1.11 bits per heavy atom. The standard InChI is InChI=1S/C23H29N3O2/c1-15(2)22-18-8-6-5-7-17(18)19(14-24)23(26-22)25-12-11-16-9-10-20(27-3)21(13-16)28-4/h9-10,13,15H,5-8,11-12H2,1-4H3,(H,25,26)/p+1. The molecule has 0 bridgehead atoms. The first-order chi connectivity index (χ1) is 13.6. The van der Waals surface area contributed by atoms with E-state index in [0.29, 0.717) is 5.92 Å². The van der Waals surface area contributed by atoms with Crippen molar-refractivity contribution in [3.8, 4) is 17.6 Å². The second-order valence-electron chi connectivity index (χ2n) is 7.59. The summed E-state index contributed by atoms with van der Waals surface area (Å²) in [6.45, 7) is 5.15. The molecule has 0 unspecified atom stereocenters. The number of hydrogen-bond donors (Lipinski definition) is 1. The summed E-state index contributed by atoms with van der Waals surface area (Å²) in [5, 5.41) is 13.3. The van der Waals surface area contributed by atoms with Crippen LogP contribution in [0.3, 0.4) is 0 Å². The number of anilines is 1. The van der Waals surface area contributed by atoms with Gasteiger partial charge < -0.3 is 9.47 Å². The topological polar surface area (TPSA) is 68.4 Å². The van der Waals surface area contributed by atoms with Gasteiger partial charge in [0.25, 0.3) is 5.82 Å². The van der Waals surface area contributed by atoms with Crippen LogP contribution >= 0.6 is 0 Å². The molecule has 28 heavy (non-hydrogen) atoms. The molecule has 2 N–H and O–H groups in total. The maximum Gasteiger partial charge on any atom is 0.290 e. The third kappa shape index (κ3) is 4.06. The number of nitriles is 1. The lowest BCUT2D eigenvalue weighted by molar-refractivity contribution is -0.377. The molecular weight excluding hydrogens is 350 g/mol. The molecule has 1 aliphatic rings. The zero-order valence-corrected chi connectivity index (χ0v) is 17.3. The van der Waals surface area contributed by atoms with Gasteiger partial charge in [0.05, 0.1) is 20.8 Å². The molecular formula is C23H30N3O2+. The van der Waals surface area contributed by atoms with E-state index in [9.17, 15) is 5.26 Å². The van der Waals surface area contributed by atoms with Gasteiger partial charge in [0, 0.05) is 12.3 Å². The Labute approximate surface area is 167 Å². The summed E-state index contributed by atoms with van der Waals surface area (Å²) in [6.07, 6.45) is 5.26. The number of ether oxygens (including phenoxy) is 2. The molecule has 1 aliphatic carbocycles. The minimum absolute atomic E-state index is 0.408. The lowest BCUT2D eigenvalue weighted by atomic mass is 9.85. The second kappa shape index (κ2) is 8.97. The van der Waals surface area contributed by atoms with Crippen molar-refractivity contribution >= 4 is 5.82 Å². The predicted molar refractivity (Wildman–Crippen MR) is 110 cm³/mol. The number of aromatic nitrogens is 1. The van der Waals surface area contributed by atoms with E-state index >= 15 is 0 Å². The average Bonchev–Trinajstić information content (AvgIpc) is 2.72. The number of fused-ring (bicyclic) bond motifs is 1. The van der Waals surface area contributed by atoms with Crippen molar-refractivity contribution in [2.24, 2.45) is 0 Å². The van der Waals surface area contributed by atoms with Crippen LogP contribution in [0.5, 0.6) is 11.5 Å². The summed E-state index contributed by atoms with van der Waals surface area (Å²) in [7, 11) is 3.29. The van der Waals surface area contributed by atoms with Crippen LogP contribution in [0.15, 0.2) is 18.2 Å². The predicted octanol–water partition coefficient (Wildman–Crippen LogP) is 4.05. The Hall–Kier alpha value is -2.74. The number of aromatic amines is 1. The van der Waals surface area contributed by atoms with Crippen molar-refractivity contribution < 1.29 is 14.5 Å². The second-order valence-corrected chi connectivity index (χ2v) is 7.59. The first-order valence-corrected chi connectivity index (χ1v) is 10.0. The number of methoxy groups -OCH3 is 2. The Balaban J connectivity index is 1.81. The fourth-order valence-corrected chi connectivity index (χ4v) is 4.02. The molecule has 1 aromatic heterocycles. The van der Waals surface area contributed by atoms with Crippen molar-refractivity contribution in [2.75, 3.05) is 26.1 Å². The molecule has 0 spiro atoms. The van der Waals surface area contributed by atoms with Crippen LogP contribution in [0.25, 0.3) is 0 Å². The van der Waals surface area contributed by atoms with E-state index in [4.69, 9.17) is 9.47 Å². The SMILES string of the molecule is COc1ccc(CCNc2[nH+]c(C(C)C)c3c(c2C#N)CCCC3)cc1OC. The van der Waals surface area contributed by atoms with Gasteiger partial charge in [0.2, 0.25) is 0 Å². The Kier molecular flexibility index (Phi) is 6.41. The quantitative estimate of drug-likeness (QED) is 0.787. The van der Waals surface area contributed by atoms with Crippen molar-refractivity contribution in [1.82, 2.24) is 0 Å². The van der Waals surface area contributed by atoms with Crippen LogP contribution in [0.2, 0.25) is 0 Å². The molecule has 148 valence electrons. The smallest absolute Gasteiger partial charge is 0.290 e. The molecule has 0 saturated heterocycles. The number of rotatable bonds is 7. The highest BCUT2D eigenvalue weighted by atomic mass is 16.5. The van der Waals surface area contributed by atoms with Gasteiger partial charge in [-0.3, -0.25) is 5.32 Å². The van der Waals surface area contributed by atoms with Gasteiger partial charge in [0.1, 0.15) is 17.3 Å². The number of pyridine rings is 1. The Bertz CT molecular complexity index is 884. The summed E-state index contributed by atoms with van der Waals surface area (Å²) in [5.41, 5.74) is 5.81. The summed E-state index contributed by atoms with van der Waals surface area (Å²) in [5.74, 6) is 2.73. The molecule has 3 rings (SSSR count). The number of hydrogen-bond acceptors (Lipinski definition) is 4. The molecule has 5 nitrogen and oxygen atoms in total. The van der Waals surface area contributed by atoms with Crippen molar-refractivity contribution in [2.45, 2.75) is 51.9 Å². The normalized spacial score (nSPS) is 13.0. The molecule has 1 heterocycles. The minimum Gasteiger partial charge on any atom is -0.493 e.